The van der Waals surface area contributed by atoms with E-state index in [1.54, 1.807) is 0 Å². The molecule has 0 spiro atoms. The van der Waals surface area contributed by atoms with Crippen LogP contribution in [0, 0.1) is 0 Å². The number of hydrogen-bond acceptors (Lipinski definition) is 2. The molecule has 4 N–H and O–H groups in total. The molecule has 10 heavy (non-hydrogen) atoms. The van der Waals surface area contributed by atoms with Crippen molar-refractivity contribution in [3.05, 3.63) is 0 Å². The summed E-state index contributed by atoms with van der Waals surface area (Å²) in [5, 5.41) is 0. The second-order valence-electron chi connectivity index (χ2n) is 4.02. The molecule has 0 saturated heterocycles. The van der Waals surface area contributed by atoms with Crippen LogP contribution in [0.5, 0.6) is 0 Å². The van der Waals surface area contributed by atoms with Gasteiger partial charge in [0.2, 0.25) is 0 Å². The zero-order chi connectivity index (χ0) is 7.24. The molecule has 0 aromatic carbocycles. The summed E-state index contributed by atoms with van der Waals surface area (Å²) in [5.41, 5.74) is 12.4. The van der Waals surface area contributed by atoms with E-state index in [2.05, 4.69) is 0 Å². The van der Waals surface area contributed by atoms with Crippen LogP contribution < -0.4 is 11.5 Å². The molecule has 0 aliphatic heterocycles. The Morgan fingerprint density at radius 2 is 1.00 bits per heavy atom. The van der Waals surface area contributed by atoms with Crippen molar-refractivity contribution in [1.82, 2.24) is 0 Å². The van der Waals surface area contributed by atoms with Crippen molar-refractivity contribution in [2.75, 3.05) is 0 Å². The Balaban J connectivity index is 2.30. The van der Waals surface area contributed by atoms with Crippen LogP contribution >= 0.6 is 0 Å². The van der Waals surface area contributed by atoms with E-state index in [1.165, 1.54) is 12.8 Å². The van der Waals surface area contributed by atoms with Crippen molar-refractivity contribution < 1.29 is 0 Å². The fourth-order valence-electron chi connectivity index (χ4n) is 2.68. The number of rotatable bonds is 0. The zero-order valence-corrected chi connectivity index (χ0v) is 6.40. The molecule has 2 heteroatoms. The van der Waals surface area contributed by atoms with Gasteiger partial charge < -0.3 is 11.5 Å². The quantitative estimate of drug-likeness (QED) is 0.521. The number of hydrogen-bond donors (Lipinski definition) is 2. The van der Waals surface area contributed by atoms with Gasteiger partial charge in [-0.3, -0.25) is 0 Å². The third-order valence-corrected chi connectivity index (χ3v) is 3.48. The molecule has 2 saturated carbocycles. The third kappa shape index (κ3) is 0.611. The molecule has 0 atom stereocenters. The van der Waals surface area contributed by atoms with Gasteiger partial charge in [0.25, 0.3) is 0 Å². The average molecular weight is 140 g/mol. The summed E-state index contributed by atoms with van der Waals surface area (Å²) in [6, 6.07) is 0. The molecule has 0 unspecified atom stereocenters. The SMILES string of the molecule is N[C@]12CCC[C@@]1(N)CCC2. The molecular formula is C8H16N2. The van der Waals surface area contributed by atoms with E-state index >= 15 is 0 Å². The molecule has 2 nitrogen and oxygen atoms in total. The maximum atomic E-state index is 6.17. The maximum Gasteiger partial charge on any atom is 0.0336 e. The first-order valence-electron chi connectivity index (χ1n) is 4.24. The van der Waals surface area contributed by atoms with Crippen molar-refractivity contribution in [3.63, 3.8) is 0 Å². The molecular weight excluding hydrogens is 124 g/mol. The topological polar surface area (TPSA) is 52.0 Å². The molecule has 2 aliphatic rings. The van der Waals surface area contributed by atoms with Crippen LogP contribution in [0.15, 0.2) is 0 Å². The Labute approximate surface area is 62.0 Å². The van der Waals surface area contributed by atoms with Gasteiger partial charge in [0.15, 0.2) is 0 Å². The Bertz CT molecular complexity index is 127. The molecule has 0 aromatic rings. The van der Waals surface area contributed by atoms with Gasteiger partial charge in [-0.2, -0.15) is 0 Å². The van der Waals surface area contributed by atoms with E-state index in [9.17, 15) is 0 Å². The van der Waals surface area contributed by atoms with Gasteiger partial charge in [-0.05, 0) is 38.5 Å². The molecule has 2 aliphatic carbocycles. The Hall–Kier alpha value is -0.0800. The smallest absolute Gasteiger partial charge is 0.0336 e. The van der Waals surface area contributed by atoms with Gasteiger partial charge in [-0.1, -0.05) is 0 Å². The van der Waals surface area contributed by atoms with Crippen molar-refractivity contribution in [3.8, 4) is 0 Å². The Morgan fingerprint density at radius 3 is 1.30 bits per heavy atom. The first kappa shape index (κ1) is 6.62. The number of nitrogens with two attached hydrogens (primary N) is 2. The minimum absolute atomic E-state index is 0.0208. The van der Waals surface area contributed by atoms with Crippen molar-refractivity contribution in [1.29, 1.82) is 0 Å². The van der Waals surface area contributed by atoms with E-state index in [-0.39, 0.29) is 11.1 Å². The standard InChI is InChI=1S/C8H16N2/c9-7-3-1-4-8(7,10)6-2-5-7/h1-6,9-10H2/t7-,8+. The van der Waals surface area contributed by atoms with Gasteiger partial charge >= 0.3 is 0 Å². The summed E-state index contributed by atoms with van der Waals surface area (Å²) in [7, 11) is 0. The fourth-order valence-corrected chi connectivity index (χ4v) is 2.68. The number of fused-ring (bicyclic) bond motifs is 1. The Morgan fingerprint density at radius 1 is 0.700 bits per heavy atom. The highest BCUT2D eigenvalue weighted by Crippen LogP contribution is 2.47. The fraction of sp³-hybridized carbons (Fsp3) is 1.00. The van der Waals surface area contributed by atoms with Gasteiger partial charge in [0.1, 0.15) is 0 Å². The van der Waals surface area contributed by atoms with E-state index < -0.39 is 0 Å². The van der Waals surface area contributed by atoms with E-state index in [0.29, 0.717) is 0 Å². The normalized spacial score (nSPS) is 53.4. The second kappa shape index (κ2) is 1.74. The van der Waals surface area contributed by atoms with Gasteiger partial charge in [0.05, 0.1) is 0 Å². The highest BCUT2D eigenvalue weighted by atomic mass is 15.0. The molecule has 2 fully saturated rings. The lowest BCUT2D eigenvalue weighted by atomic mass is 9.85. The zero-order valence-electron chi connectivity index (χ0n) is 6.40. The van der Waals surface area contributed by atoms with E-state index in [0.717, 1.165) is 25.7 Å². The largest absolute Gasteiger partial charge is 0.324 e. The minimum Gasteiger partial charge on any atom is -0.324 e. The van der Waals surface area contributed by atoms with Crippen LogP contribution in [0.25, 0.3) is 0 Å². The van der Waals surface area contributed by atoms with Gasteiger partial charge in [0, 0.05) is 11.1 Å². The van der Waals surface area contributed by atoms with Crippen molar-refractivity contribution in [2.24, 2.45) is 11.5 Å². The maximum absolute atomic E-state index is 6.17. The molecule has 0 amide bonds. The predicted octanol–water partition coefficient (Wildman–Crippen LogP) is 0.749. The summed E-state index contributed by atoms with van der Waals surface area (Å²) in [5.74, 6) is 0. The third-order valence-electron chi connectivity index (χ3n) is 3.48. The molecule has 0 aromatic heterocycles. The first-order valence-corrected chi connectivity index (χ1v) is 4.24. The molecule has 0 heterocycles. The molecule has 2 rings (SSSR count). The highest BCUT2D eigenvalue weighted by Gasteiger charge is 2.52. The van der Waals surface area contributed by atoms with Gasteiger partial charge in [-0.15, -0.1) is 0 Å². The monoisotopic (exact) mass is 140 g/mol. The first-order chi connectivity index (χ1) is 4.66. The van der Waals surface area contributed by atoms with E-state index in [4.69, 9.17) is 11.5 Å². The molecule has 0 bridgehead atoms. The van der Waals surface area contributed by atoms with E-state index in [1.807, 2.05) is 0 Å². The molecule has 0 radical (unpaired) electrons. The van der Waals surface area contributed by atoms with Crippen molar-refractivity contribution >= 4 is 0 Å². The summed E-state index contributed by atoms with van der Waals surface area (Å²) in [4.78, 5) is 0. The Kier molecular flexibility index (Phi) is 1.15. The summed E-state index contributed by atoms with van der Waals surface area (Å²) >= 11 is 0. The highest BCUT2D eigenvalue weighted by molar-refractivity contribution is 5.15. The predicted molar refractivity (Wildman–Crippen MR) is 41.5 cm³/mol. The molecule has 58 valence electrons. The minimum atomic E-state index is 0.0208. The summed E-state index contributed by atoms with van der Waals surface area (Å²) < 4.78 is 0. The van der Waals surface area contributed by atoms with Crippen molar-refractivity contribution in [2.45, 2.75) is 49.6 Å². The van der Waals surface area contributed by atoms with Crippen LogP contribution in [0.2, 0.25) is 0 Å². The lowest BCUT2D eigenvalue weighted by Gasteiger charge is -2.33. The van der Waals surface area contributed by atoms with Crippen LogP contribution in [-0.2, 0) is 0 Å². The summed E-state index contributed by atoms with van der Waals surface area (Å²) in [6.45, 7) is 0. The van der Waals surface area contributed by atoms with Gasteiger partial charge in [-0.25, -0.2) is 0 Å². The summed E-state index contributed by atoms with van der Waals surface area (Å²) in [6.07, 6.45) is 7.11. The van der Waals surface area contributed by atoms with Crippen LogP contribution in [-0.4, -0.2) is 11.1 Å². The van der Waals surface area contributed by atoms with Crippen LogP contribution in [0.1, 0.15) is 38.5 Å². The lowest BCUT2D eigenvalue weighted by molar-refractivity contribution is 0.309. The van der Waals surface area contributed by atoms with Crippen LogP contribution in [0.3, 0.4) is 0 Å². The lowest BCUT2D eigenvalue weighted by Crippen LogP contribution is -2.58. The average Bonchev–Trinajstić information content (AvgIpc) is 2.20. The van der Waals surface area contributed by atoms with Crippen LogP contribution in [0.4, 0.5) is 0 Å². The second-order valence-corrected chi connectivity index (χ2v) is 4.02.